The fraction of sp³-hybridized carbons (Fsp3) is 1.00. The Kier molecular flexibility index (Phi) is 6.27. The lowest BCUT2D eigenvalue weighted by molar-refractivity contribution is 0.148. The number of aliphatic hydroxyl groups excluding tert-OH is 1. The van der Waals surface area contributed by atoms with Crippen LogP contribution in [0.5, 0.6) is 0 Å². The molecule has 0 amide bonds. The van der Waals surface area contributed by atoms with Crippen molar-refractivity contribution in [1.82, 2.24) is 15.1 Å². The Balaban J connectivity index is 1.71. The molecule has 20 heavy (non-hydrogen) atoms. The molecule has 2 heterocycles. The number of likely N-dealkylation sites (tertiary alicyclic amines) is 2. The summed E-state index contributed by atoms with van der Waals surface area (Å²) < 4.78 is 0. The van der Waals surface area contributed by atoms with Crippen LogP contribution in [0.3, 0.4) is 0 Å². The monoisotopic (exact) mass is 283 g/mol. The van der Waals surface area contributed by atoms with Gasteiger partial charge in [0.05, 0.1) is 6.61 Å². The number of hydrogen-bond acceptors (Lipinski definition) is 4. The summed E-state index contributed by atoms with van der Waals surface area (Å²) in [6.45, 7) is 11.7. The Morgan fingerprint density at radius 3 is 2.65 bits per heavy atom. The van der Waals surface area contributed by atoms with Crippen molar-refractivity contribution in [3.8, 4) is 0 Å². The molecule has 2 N–H and O–H groups in total. The zero-order valence-corrected chi connectivity index (χ0v) is 13.4. The van der Waals surface area contributed by atoms with Crippen LogP contribution in [0.15, 0.2) is 0 Å². The predicted molar refractivity (Wildman–Crippen MR) is 84.1 cm³/mol. The second-order valence-corrected chi connectivity index (χ2v) is 6.88. The maximum atomic E-state index is 9.62. The Hall–Kier alpha value is -0.160. The topological polar surface area (TPSA) is 38.7 Å². The Labute approximate surface area is 124 Å². The van der Waals surface area contributed by atoms with Gasteiger partial charge in [-0.25, -0.2) is 0 Å². The van der Waals surface area contributed by atoms with E-state index in [1.165, 1.54) is 45.4 Å². The van der Waals surface area contributed by atoms with Crippen LogP contribution in [0.2, 0.25) is 0 Å². The van der Waals surface area contributed by atoms with Gasteiger partial charge < -0.3 is 15.3 Å². The standard InChI is InChI=1S/C16H33N3O/c1-3-8-17-16(2,14-20)7-12-18-11-6-15(13-18)19-9-4-5-10-19/h15,17,20H,3-14H2,1-2H3. The molecule has 2 rings (SSSR count). The van der Waals surface area contributed by atoms with Gasteiger partial charge in [-0.2, -0.15) is 0 Å². The summed E-state index contributed by atoms with van der Waals surface area (Å²) in [5.41, 5.74) is -0.109. The third kappa shape index (κ3) is 4.42. The summed E-state index contributed by atoms with van der Waals surface area (Å²) in [5.74, 6) is 0. The number of aliphatic hydroxyl groups is 1. The first-order valence-corrected chi connectivity index (χ1v) is 8.49. The van der Waals surface area contributed by atoms with Gasteiger partial charge in [0.1, 0.15) is 0 Å². The lowest BCUT2D eigenvalue weighted by Gasteiger charge is -2.31. The third-order valence-corrected chi connectivity index (χ3v) is 5.04. The second kappa shape index (κ2) is 7.74. The van der Waals surface area contributed by atoms with Crippen LogP contribution in [0.4, 0.5) is 0 Å². The maximum absolute atomic E-state index is 9.62. The molecule has 4 heteroatoms. The van der Waals surface area contributed by atoms with E-state index in [1.807, 2.05) is 0 Å². The van der Waals surface area contributed by atoms with E-state index in [-0.39, 0.29) is 12.1 Å². The van der Waals surface area contributed by atoms with E-state index in [4.69, 9.17) is 0 Å². The predicted octanol–water partition coefficient (Wildman–Crippen LogP) is 1.30. The average molecular weight is 283 g/mol. The van der Waals surface area contributed by atoms with E-state index in [0.717, 1.165) is 32.0 Å². The molecule has 118 valence electrons. The lowest BCUT2D eigenvalue weighted by atomic mass is 9.98. The molecular weight excluding hydrogens is 250 g/mol. The molecule has 2 aliphatic heterocycles. The number of nitrogens with zero attached hydrogens (tertiary/aromatic N) is 2. The quantitative estimate of drug-likeness (QED) is 0.704. The van der Waals surface area contributed by atoms with Crippen LogP contribution in [0.1, 0.15) is 46.0 Å². The van der Waals surface area contributed by atoms with Gasteiger partial charge in [-0.15, -0.1) is 0 Å². The molecule has 0 spiro atoms. The zero-order valence-electron chi connectivity index (χ0n) is 13.4. The first-order chi connectivity index (χ1) is 9.67. The summed E-state index contributed by atoms with van der Waals surface area (Å²) >= 11 is 0. The van der Waals surface area contributed by atoms with Crippen LogP contribution >= 0.6 is 0 Å². The highest BCUT2D eigenvalue weighted by Gasteiger charge is 2.30. The Bertz CT molecular complexity index is 281. The van der Waals surface area contributed by atoms with E-state index in [9.17, 15) is 5.11 Å². The summed E-state index contributed by atoms with van der Waals surface area (Å²) in [7, 11) is 0. The first-order valence-electron chi connectivity index (χ1n) is 8.49. The van der Waals surface area contributed by atoms with Crippen molar-refractivity contribution in [2.24, 2.45) is 0 Å². The van der Waals surface area contributed by atoms with E-state index >= 15 is 0 Å². The van der Waals surface area contributed by atoms with Gasteiger partial charge in [-0.3, -0.25) is 4.90 Å². The number of rotatable bonds is 8. The molecule has 0 saturated carbocycles. The molecule has 0 aromatic heterocycles. The Morgan fingerprint density at radius 1 is 1.25 bits per heavy atom. The van der Waals surface area contributed by atoms with Crippen molar-refractivity contribution in [3.05, 3.63) is 0 Å². The highest BCUT2D eigenvalue weighted by atomic mass is 16.3. The molecule has 0 radical (unpaired) electrons. The van der Waals surface area contributed by atoms with E-state index in [0.29, 0.717) is 0 Å². The van der Waals surface area contributed by atoms with Crippen LogP contribution in [-0.4, -0.2) is 72.4 Å². The minimum Gasteiger partial charge on any atom is -0.394 e. The average Bonchev–Trinajstić information content (AvgIpc) is 3.13. The van der Waals surface area contributed by atoms with Crippen molar-refractivity contribution in [3.63, 3.8) is 0 Å². The van der Waals surface area contributed by atoms with Crippen LogP contribution in [0.25, 0.3) is 0 Å². The highest BCUT2D eigenvalue weighted by Crippen LogP contribution is 2.21. The molecule has 0 bridgehead atoms. The Morgan fingerprint density at radius 2 is 2.00 bits per heavy atom. The summed E-state index contributed by atoms with van der Waals surface area (Å²) in [6.07, 6.45) is 6.27. The highest BCUT2D eigenvalue weighted by molar-refractivity contribution is 4.88. The van der Waals surface area contributed by atoms with E-state index < -0.39 is 0 Å². The summed E-state index contributed by atoms with van der Waals surface area (Å²) in [5, 5.41) is 13.1. The zero-order chi connectivity index (χ0) is 14.4. The first kappa shape index (κ1) is 16.2. The maximum Gasteiger partial charge on any atom is 0.0611 e. The molecular formula is C16H33N3O. The molecule has 0 aliphatic carbocycles. The molecule has 4 nitrogen and oxygen atoms in total. The summed E-state index contributed by atoms with van der Waals surface area (Å²) in [6, 6.07) is 0.793. The fourth-order valence-electron chi connectivity index (χ4n) is 3.48. The third-order valence-electron chi connectivity index (χ3n) is 5.04. The van der Waals surface area contributed by atoms with Crippen molar-refractivity contribution in [2.45, 2.75) is 57.5 Å². The van der Waals surface area contributed by atoms with Crippen molar-refractivity contribution < 1.29 is 5.11 Å². The number of nitrogens with one attached hydrogen (secondary N) is 1. The van der Waals surface area contributed by atoms with Crippen molar-refractivity contribution in [2.75, 3.05) is 45.9 Å². The molecule has 0 aromatic rings. The molecule has 2 saturated heterocycles. The van der Waals surface area contributed by atoms with Gasteiger partial charge in [0, 0.05) is 24.7 Å². The largest absolute Gasteiger partial charge is 0.394 e. The molecule has 2 aliphatic rings. The minimum atomic E-state index is -0.109. The fourth-order valence-corrected chi connectivity index (χ4v) is 3.48. The van der Waals surface area contributed by atoms with Crippen molar-refractivity contribution >= 4 is 0 Å². The second-order valence-electron chi connectivity index (χ2n) is 6.88. The summed E-state index contributed by atoms with van der Waals surface area (Å²) in [4.78, 5) is 5.27. The minimum absolute atomic E-state index is 0.109. The normalized spacial score (nSPS) is 28.1. The van der Waals surface area contributed by atoms with E-state index in [2.05, 4.69) is 29.0 Å². The molecule has 0 aromatic carbocycles. The van der Waals surface area contributed by atoms with Crippen LogP contribution in [-0.2, 0) is 0 Å². The molecule has 2 fully saturated rings. The van der Waals surface area contributed by atoms with Gasteiger partial charge in [0.25, 0.3) is 0 Å². The van der Waals surface area contributed by atoms with Crippen LogP contribution in [0, 0.1) is 0 Å². The van der Waals surface area contributed by atoms with Gasteiger partial charge >= 0.3 is 0 Å². The van der Waals surface area contributed by atoms with Gasteiger partial charge in [0.2, 0.25) is 0 Å². The molecule has 2 atom stereocenters. The SMILES string of the molecule is CCCNC(C)(CO)CCN1CCC(N2CCCC2)C1. The lowest BCUT2D eigenvalue weighted by Crippen LogP contribution is -2.48. The van der Waals surface area contributed by atoms with Gasteiger partial charge in [-0.05, 0) is 65.2 Å². The van der Waals surface area contributed by atoms with E-state index in [1.54, 1.807) is 0 Å². The van der Waals surface area contributed by atoms with Crippen molar-refractivity contribution in [1.29, 1.82) is 0 Å². The van der Waals surface area contributed by atoms with Gasteiger partial charge in [0.15, 0.2) is 0 Å². The van der Waals surface area contributed by atoms with Gasteiger partial charge in [-0.1, -0.05) is 6.92 Å². The smallest absolute Gasteiger partial charge is 0.0611 e. The van der Waals surface area contributed by atoms with Crippen LogP contribution < -0.4 is 5.32 Å². The number of hydrogen-bond donors (Lipinski definition) is 2. The molecule has 2 unspecified atom stereocenters.